The van der Waals surface area contributed by atoms with Crippen molar-refractivity contribution in [3.8, 4) is 11.5 Å². The predicted octanol–water partition coefficient (Wildman–Crippen LogP) is 5.92. The van der Waals surface area contributed by atoms with Gasteiger partial charge in [0.25, 0.3) is 0 Å². The number of unbranched alkanes of at least 4 members (excludes halogenated alkanes) is 4. The molecule has 0 fully saturated rings. The maximum Gasteiger partial charge on any atom is 0.306 e. The van der Waals surface area contributed by atoms with Crippen molar-refractivity contribution in [3.05, 3.63) is 59.2 Å². The molecular formula is C27H34O5. The van der Waals surface area contributed by atoms with E-state index < -0.39 is 0 Å². The number of carbonyl (C=O) groups is 2. The van der Waals surface area contributed by atoms with Gasteiger partial charge in [0.15, 0.2) is 5.78 Å². The minimum atomic E-state index is -0.368. The Labute approximate surface area is 191 Å². The molecule has 0 aromatic heterocycles. The third-order valence-electron chi connectivity index (χ3n) is 5.77. The fraction of sp³-hybridized carbons (Fsp3) is 0.481. The molecule has 5 heteroatoms. The highest BCUT2D eigenvalue weighted by Gasteiger charge is 2.34. The molecule has 1 unspecified atom stereocenters. The average Bonchev–Trinajstić information content (AvgIpc) is 3.11. The maximum atomic E-state index is 12.7. The van der Waals surface area contributed by atoms with Crippen LogP contribution in [0.25, 0.3) is 0 Å². The van der Waals surface area contributed by atoms with E-state index in [9.17, 15) is 9.59 Å². The number of ether oxygens (including phenoxy) is 3. The molecule has 2 aromatic carbocycles. The Hall–Kier alpha value is -2.82. The summed E-state index contributed by atoms with van der Waals surface area (Å²) >= 11 is 0. The summed E-state index contributed by atoms with van der Waals surface area (Å²) < 4.78 is 16.9. The molecule has 0 saturated carbocycles. The van der Waals surface area contributed by atoms with Crippen molar-refractivity contribution in [1.29, 1.82) is 0 Å². The molecule has 0 saturated heterocycles. The predicted molar refractivity (Wildman–Crippen MR) is 124 cm³/mol. The van der Waals surface area contributed by atoms with Crippen LogP contribution in [0.2, 0.25) is 0 Å². The van der Waals surface area contributed by atoms with Crippen molar-refractivity contribution in [1.82, 2.24) is 0 Å². The number of benzene rings is 2. The molecule has 0 radical (unpaired) electrons. The SMILES string of the molecule is CCCCCCCOc1ccc(COc2cccc3c2CC(CC(=O)OCC)C3=O)cc1. The molecule has 0 spiro atoms. The van der Waals surface area contributed by atoms with Gasteiger partial charge in [0, 0.05) is 17.0 Å². The summed E-state index contributed by atoms with van der Waals surface area (Å²) in [6.07, 6.45) is 6.73. The summed E-state index contributed by atoms with van der Waals surface area (Å²) in [5, 5.41) is 0. The minimum Gasteiger partial charge on any atom is -0.494 e. The zero-order chi connectivity index (χ0) is 22.8. The van der Waals surface area contributed by atoms with Crippen molar-refractivity contribution >= 4 is 11.8 Å². The first-order valence-corrected chi connectivity index (χ1v) is 11.8. The lowest BCUT2D eigenvalue weighted by molar-refractivity contribution is -0.143. The monoisotopic (exact) mass is 438 g/mol. The van der Waals surface area contributed by atoms with Crippen LogP contribution in [0.1, 0.15) is 73.9 Å². The van der Waals surface area contributed by atoms with Gasteiger partial charge in [0.2, 0.25) is 0 Å². The third-order valence-corrected chi connectivity index (χ3v) is 5.77. The summed E-state index contributed by atoms with van der Waals surface area (Å²) in [5.41, 5.74) is 2.57. The first kappa shape index (κ1) is 23.8. The average molecular weight is 439 g/mol. The van der Waals surface area contributed by atoms with E-state index in [1.165, 1.54) is 25.7 Å². The number of hydrogen-bond donors (Lipinski definition) is 0. The molecule has 0 aliphatic heterocycles. The number of rotatable bonds is 13. The molecule has 0 amide bonds. The number of ketones is 1. The van der Waals surface area contributed by atoms with Gasteiger partial charge < -0.3 is 14.2 Å². The largest absolute Gasteiger partial charge is 0.494 e. The van der Waals surface area contributed by atoms with Gasteiger partial charge in [-0.05, 0) is 43.5 Å². The highest BCUT2D eigenvalue weighted by Crippen LogP contribution is 2.35. The quantitative estimate of drug-likeness (QED) is 0.287. The van der Waals surface area contributed by atoms with Crippen molar-refractivity contribution in [2.24, 2.45) is 5.92 Å². The summed E-state index contributed by atoms with van der Waals surface area (Å²) in [6, 6.07) is 13.5. The van der Waals surface area contributed by atoms with Gasteiger partial charge in [-0.3, -0.25) is 9.59 Å². The molecule has 3 rings (SSSR count). The lowest BCUT2D eigenvalue weighted by atomic mass is 10.0. The maximum absolute atomic E-state index is 12.7. The van der Waals surface area contributed by atoms with Crippen LogP contribution in [-0.4, -0.2) is 25.0 Å². The van der Waals surface area contributed by atoms with E-state index in [0.717, 1.165) is 29.9 Å². The molecule has 1 atom stereocenters. The number of Topliss-reactive ketones (excluding diaryl/α,β-unsaturated/α-hetero) is 1. The second-order valence-electron chi connectivity index (χ2n) is 8.25. The fourth-order valence-electron chi connectivity index (χ4n) is 4.03. The third kappa shape index (κ3) is 6.59. The molecule has 172 valence electrons. The van der Waals surface area contributed by atoms with Crippen LogP contribution < -0.4 is 9.47 Å². The molecule has 0 bridgehead atoms. The zero-order valence-electron chi connectivity index (χ0n) is 19.2. The van der Waals surface area contributed by atoms with E-state index >= 15 is 0 Å². The van der Waals surface area contributed by atoms with E-state index in [4.69, 9.17) is 14.2 Å². The van der Waals surface area contributed by atoms with E-state index in [1.54, 1.807) is 6.92 Å². The smallest absolute Gasteiger partial charge is 0.306 e. The van der Waals surface area contributed by atoms with Crippen LogP contribution in [0, 0.1) is 5.92 Å². The van der Waals surface area contributed by atoms with Crippen molar-refractivity contribution in [2.75, 3.05) is 13.2 Å². The Morgan fingerprint density at radius 3 is 2.50 bits per heavy atom. The molecular weight excluding hydrogens is 404 g/mol. The van der Waals surface area contributed by atoms with Crippen molar-refractivity contribution in [3.63, 3.8) is 0 Å². The summed E-state index contributed by atoms with van der Waals surface area (Å²) in [6.45, 7) is 5.46. The van der Waals surface area contributed by atoms with Crippen LogP contribution >= 0.6 is 0 Å². The van der Waals surface area contributed by atoms with Crippen LogP contribution in [0.3, 0.4) is 0 Å². The topological polar surface area (TPSA) is 61.8 Å². The van der Waals surface area contributed by atoms with Gasteiger partial charge >= 0.3 is 5.97 Å². The number of carbonyl (C=O) groups excluding carboxylic acids is 2. The summed E-state index contributed by atoms with van der Waals surface area (Å²) in [7, 11) is 0. The Kier molecular flexibility index (Phi) is 9.14. The molecule has 1 aliphatic carbocycles. The molecule has 1 aliphatic rings. The van der Waals surface area contributed by atoms with Crippen LogP contribution in [0.4, 0.5) is 0 Å². The Balaban J connectivity index is 1.51. The van der Waals surface area contributed by atoms with Gasteiger partial charge in [0.05, 0.1) is 19.6 Å². The first-order chi connectivity index (χ1) is 15.6. The molecule has 0 N–H and O–H groups in total. The van der Waals surface area contributed by atoms with Crippen molar-refractivity contribution in [2.45, 2.75) is 65.4 Å². The van der Waals surface area contributed by atoms with E-state index in [2.05, 4.69) is 6.92 Å². The van der Waals surface area contributed by atoms with E-state index in [-0.39, 0.29) is 24.1 Å². The molecule has 2 aromatic rings. The summed E-state index contributed by atoms with van der Waals surface area (Å²) in [4.78, 5) is 24.5. The van der Waals surface area contributed by atoms with Crippen molar-refractivity contribution < 1.29 is 23.8 Å². The summed E-state index contributed by atoms with van der Waals surface area (Å²) in [5.74, 6) is 0.873. The molecule has 32 heavy (non-hydrogen) atoms. The molecule has 0 heterocycles. The van der Waals surface area contributed by atoms with E-state index in [0.29, 0.717) is 30.9 Å². The Morgan fingerprint density at radius 1 is 0.969 bits per heavy atom. The highest BCUT2D eigenvalue weighted by atomic mass is 16.5. The Morgan fingerprint density at radius 2 is 1.75 bits per heavy atom. The van der Waals surface area contributed by atoms with Gasteiger partial charge in [-0.25, -0.2) is 0 Å². The number of esters is 1. The highest BCUT2D eigenvalue weighted by molar-refractivity contribution is 6.04. The fourth-order valence-corrected chi connectivity index (χ4v) is 4.03. The Bertz CT molecular complexity index is 887. The number of hydrogen-bond acceptors (Lipinski definition) is 5. The van der Waals surface area contributed by atoms with Crippen LogP contribution in [0.15, 0.2) is 42.5 Å². The standard InChI is InChI=1S/C27H34O5/c1-3-5-6-7-8-16-31-22-14-12-20(13-15-22)19-32-25-11-9-10-23-24(25)17-21(27(23)29)18-26(28)30-4-2/h9-15,21H,3-8,16-19H2,1-2H3. The van der Waals surface area contributed by atoms with Gasteiger partial charge in [-0.15, -0.1) is 0 Å². The van der Waals surface area contributed by atoms with Gasteiger partial charge in [0.1, 0.15) is 18.1 Å². The lowest BCUT2D eigenvalue weighted by Gasteiger charge is -2.11. The first-order valence-electron chi connectivity index (χ1n) is 11.8. The second-order valence-corrected chi connectivity index (χ2v) is 8.25. The number of fused-ring (bicyclic) bond motifs is 1. The van der Waals surface area contributed by atoms with Gasteiger partial charge in [-0.2, -0.15) is 0 Å². The zero-order valence-corrected chi connectivity index (χ0v) is 19.2. The van der Waals surface area contributed by atoms with Gasteiger partial charge in [-0.1, -0.05) is 56.9 Å². The molecule has 5 nitrogen and oxygen atoms in total. The lowest BCUT2D eigenvalue weighted by Crippen LogP contribution is -2.16. The normalized spacial score (nSPS) is 14.8. The minimum absolute atomic E-state index is 0.00491. The van der Waals surface area contributed by atoms with Crippen LogP contribution in [0.5, 0.6) is 11.5 Å². The second kappa shape index (κ2) is 12.3. The van der Waals surface area contributed by atoms with E-state index in [1.807, 2.05) is 42.5 Å². The van der Waals surface area contributed by atoms with Crippen LogP contribution in [-0.2, 0) is 22.6 Å².